The molecular formula is C15H22N4OS. The number of nitrogens with zero attached hydrogens (tertiary/aromatic N) is 3. The zero-order valence-corrected chi connectivity index (χ0v) is 13.8. The number of aromatic nitrogens is 2. The predicted molar refractivity (Wildman–Crippen MR) is 88.8 cm³/mol. The third-order valence-corrected chi connectivity index (χ3v) is 3.95. The van der Waals surface area contributed by atoms with Crippen molar-refractivity contribution in [3.8, 4) is 0 Å². The summed E-state index contributed by atoms with van der Waals surface area (Å²) in [6, 6.07) is 8.77. The van der Waals surface area contributed by atoms with Gasteiger partial charge in [-0.15, -0.1) is 0 Å². The van der Waals surface area contributed by atoms with Gasteiger partial charge in [0.2, 0.25) is 5.13 Å². The Kier molecular flexibility index (Phi) is 5.52. The maximum absolute atomic E-state index is 5.04. The molecule has 0 saturated heterocycles. The lowest BCUT2D eigenvalue weighted by atomic mass is 10.2. The highest BCUT2D eigenvalue weighted by molar-refractivity contribution is 7.09. The molecule has 0 spiro atoms. The van der Waals surface area contributed by atoms with Gasteiger partial charge in [-0.25, -0.2) is 4.98 Å². The summed E-state index contributed by atoms with van der Waals surface area (Å²) in [7, 11) is 3.78. The summed E-state index contributed by atoms with van der Waals surface area (Å²) < 4.78 is 9.35. The summed E-state index contributed by atoms with van der Waals surface area (Å²) in [5.74, 6) is 0.819. The number of rotatable bonds is 7. The van der Waals surface area contributed by atoms with Crippen LogP contribution in [0.2, 0.25) is 0 Å². The van der Waals surface area contributed by atoms with Gasteiger partial charge in [0.1, 0.15) is 5.82 Å². The van der Waals surface area contributed by atoms with E-state index in [9.17, 15) is 0 Å². The fourth-order valence-corrected chi connectivity index (χ4v) is 2.46. The Morgan fingerprint density at radius 3 is 2.90 bits per heavy atom. The van der Waals surface area contributed by atoms with Crippen molar-refractivity contribution in [3.05, 3.63) is 30.1 Å². The molecule has 1 N–H and O–H groups in total. The summed E-state index contributed by atoms with van der Waals surface area (Å²) in [6.07, 6.45) is 0.741. The Bertz CT molecular complexity index is 570. The van der Waals surface area contributed by atoms with Gasteiger partial charge in [-0.2, -0.15) is 4.37 Å². The summed E-state index contributed by atoms with van der Waals surface area (Å²) in [5, 5.41) is 4.12. The van der Waals surface area contributed by atoms with Crippen LogP contribution in [0.5, 0.6) is 0 Å². The number of ether oxygens (including phenoxy) is 1. The van der Waals surface area contributed by atoms with E-state index in [1.54, 1.807) is 7.11 Å². The average molecular weight is 306 g/mol. The average Bonchev–Trinajstić information content (AvgIpc) is 2.92. The number of methoxy groups -OCH3 is 1. The number of hydrogen-bond donors (Lipinski definition) is 1. The first-order valence-corrected chi connectivity index (χ1v) is 7.79. The zero-order chi connectivity index (χ0) is 15.2. The molecule has 0 unspecified atom stereocenters. The van der Waals surface area contributed by atoms with Crippen molar-refractivity contribution in [2.24, 2.45) is 0 Å². The molecule has 1 heterocycles. The van der Waals surface area contributed by atoms with Crippen LogP contribution in [0.25, 0.3) is 0 Å². The second-order valence-corrected chi connectivity index (χ2v) is 5.89. The van der Waals surface area contributed by atoms with E-state index in [0.29, 0.717) is 12.6 Å². The number of hydrogen-bond acceptors (Lipinski definition) is 6. The first-order chi connectivity index (χ1) is 10.1. The number of anilines is 3. The molecule has 0 radical (unpaired) electrons. The van der Waals surface area contributed by atoms with Crippen LogP contribution in [0.15, 0.2) is 24.3 Å². The molecule has 2 aromatic rings. The minimum absolute atomic E-state index is 0.461. The summed E-state index contributed by atoms with van der Waals surface area (Å²) in [5.41, 5.74) is 2.20. The van der Waals surface area contributed by atoms with Gasteiger partial charge in [0, 0.05) is 49.5 Å². The van der Waals surface area contributed by atoms with Crippen molar-refractivity contribution in [3.63, 3.8) is 0 Å². The monoisotopic (exact) mass is 306 g/mol. The highest BCUT2D eigenvalue weighted by Crippen LogP contribution is 2.24. The predicted octanol–water partition coefficient (Wildman–Crippen LogP) is 3.32. The maximum Gasteiger partial charge on any atom is 0.207 e. The molecule has 1 aromatic heterocycles. The Morgan fingerprint density at radius 2 is 2.19 bits per heavy atom. The van der Waals surface area contributed by atoms with E-state index in [0.717, 1.165) is 23.1 Å². The lowest BCUT2D eigenvalue weighted by Crippen LogP contribution is -2.25. The van der Waals surface area contributed by atoms with Crippen molar-refractivity contribution in [2.45, 2.75) is 26.3 Å². The molecule has 0 aliphatic rings. The normalized spacial score (nSPS) is 10.9. The molecule has 0 aliphatic carbocycles. The molecule has 21 heavy (non-hydrogen) atoms. The third kappa shape index (κ3) is 4.41. The minimum Gasteiger partial charge on any atom is -0.384 e. The fourth-order valence-electron chi connectivity index (χ4n) is 1.82. The Hall–Kier alpha value is -1.66. The minimum atomic E-state index is 0.461. The van der Waals surface area contributed by atoms with Crippen LogP contribution in [-0.2, 0) is 11.2 Å². The van der Waals surface area contributed by atoms with Crippen molar-refractivity contribution in [1.29, 1.82) is 0 Å². The number of nitrogens with one attached hydrogen (secondary N) is 1. The largest absolute Gasteiger partial charge is 0.384 e. The SMILES string of the molecule is COCCc1nsc(Nc2cccc(N(C)C(C)C)c2)n1. The zero-order valence-electron chi connectivity index (χ0n) is 13.0. The molecule has 114 valence electrons. The van der Waals surface area contributed by atoms with E-state index >= 15 is 0 Å². The highest BCUT2D eigenvalue weighted by Gasteiger charge is 2.07. The molecule has 0 bridgehead atoms. The Morgan fingerprint density at radius 1 is 1.38 bits per heavy atom. The van der Waals surface area contributed by atoms with Gasteiger partial charge < -0.3 is 15.0 Å². The standard InChI is InChI=1S/C15H22N4OS/c1-11(2)19(3)13-7-5-6-12(10-13)16-15-17-14(18-21-15)8-9-20-4/h5-7,10-11H,8-9H2,1-4H3,(H,16,17,18). The quantitative estimate of drug-likeness (QED) is 0.850. The van der Waals surface area contributed by atoms with Crippen molar-refractivity contribution in [2.75, 3.05) is 31.0 Å². The summed E-state index contributed by atoms with van der Waals surface area (Å²) >= 11 is 1.37. The molecule has 0 saturated carbocycles. The lowest BCUT2D eigenvalue weighted by molar-refractivity contribution is 0.201. The number of benzene rings is 1. The first-order valence-electron chi connectivity index (χ1n) is 7.01. The molecule has 0 aliphatic heterocycles. The van der Waals surface area contributed by atoms with Crippen LogP contribution < -0.4 is 10.2 Å². The lowest BCUT2D eigenvalue weighted by Gasteiger charge is -2.24. The topological polar surface area (TPSA) is 50.3 Å². The van der Waals surface area contributed by atoms with E-state index in [4.69, 9.17) is 4.74 Å². The van der Waals surface area contributed by atoms with Gasteiger partial charge in [0.25, 0.3) is 0 Å². The fraction of sp³-hybridized carbons (Fsp3) is 0.467. The van der Waals surface area contributed by atoms with Crippen LogP contribution in [0.4, 0.5) is 16.5 Å². The smallest absolute Gasteiger partial charge is 0.207 e. The van der Waals surface area contributed by atoms with Gasteiger partial charge >= 0.3 is 0 Å². The Balaban J connectivity index is 2.05. The first kappa shape index (κ1) is 15.7. The highest BCUT2D eigenvalue weighted by atomic mass is 32.1. The second kappa shape index (κ2) is 7.38. The van der Waals surface area contributed by atoms with E-state index < -0.39 is 0 Å². The van der Waals surface area contributed by atoms with Crippen molar-refractivity contribution >= 4 is 28.0 Å². The van der Waals surface area contributed by atoms with E-state index in [2.05, 4.69) is 52.6 Å². The van der Waals surface area contributed by atoms with Crippen LogP contribution >= 0.6 is 11.5 Å². The molecule has 0 amide bonds. The van der Waals surface area contributed by atoms with E-state index in [1.807, 2.05) is 12.1 Å². The second-order valence-electron chi connectivity index (χ2n) is 5.14. The molecule has 5 nitrogen and oxygen atoms in total. The Labute approximate surface area is 130 Å². The van der Waals surface area contributed by atoms with Gasteiger partial charge in [0.05, 0.1) is 6.61 Å². The summed E-state index contributed by atoms with van der Waals surface area (Å²) in [6.45, 7) is 4.99. The molecule has 1 aromatic carbocycles. The van der Waals surface area contributed by atoms with Crippen LogP contribution in [0, 0.1) is 0 Å². The van der Waals surface area contributed by atoms with Crippen LogP contribution in [-0.4, -0.2) is 36.2 Å². The maximum atomic E-state index is 5.04. The van der Waals surface area contributed by atoms with Crippen LogP contribution in [0.3, 0.4) is 0 Å². The third-order valence-electron chi connectivity index (χ3n) is 3.28. The van der Waals surface area contributed by atoms with E-state index in [-0.39, 0.29) is 0 Å². The molecule has 0 atom stereocenters. The van der Waals surface area contributed by atoms with E-state index in [1.165, 1.54) is 17.2 Å². The van der Waals surface area contributed by atoms with Gasteiger partial charge in [-0.05, 0) is 32.0 Å². The van der Waals surface area contributed by atoms with Gasteiger partial charge in [-0.3, -0.25) is 0 Å². The summed E-state index contributed by atoms with van der Waals surface area (Å²) in [4.78, 5) is 6.69. The van der Waals surface area contributed by atoms with Gasteiger partial charge in [-0.1, -0.05) is 6.07 Å². The molecule has 2 rings (SSSR count). The molecule has 0 fully saturated rings. The van der Waals surface area contributed by atoms with Crippen LogP contribution in [0.1, 0.15) is 19.7 Å². The molecule has 6 heteroatoms. The van der Waals surface area contributed by atoms with Crippen molar-refractivity contribution < 1.29 is 4.74 Å². The van der Waals surface area contributed by atoms with Gasteiger partial charge in [0.15, 0.2) is 0 Å². The van der Waals surface area contributed by atoms with Crippen molar-refractivity contribution in [1.82, 2.24) is 9.36 Å². The molecular weight excluding hydrogens is 284 g/mol.